The standard InChI is InChI=1S/C20H24N2O5S/c1-27-18-4-2-3-5-19(18)28(25,26)21-16-8-6-15(7-9-16)14-20(24)22-12-10-17(23)11-13-22/h2-9,17,21,23H,10-14H2,1H3. The summed E-state index contributed by atoms with van der Waals surface area (Å²) >= 11 is 0. The van der Waals surface area contributed by atoms with Crippen LogP contribution in [0.25, 0.3) is 0 Å². The van der Waals surface area contributed by atoms with Crippen LogP contribution in [-0.2, 0) is 21.2 Å². The lowest BCUT2D eigenvalue weighted by atomic mass is 10.1. The number of hydrogen-bond donors (Lipinski definition) is 2. The first kappa shape index (κ1) is 20.2. The third-order valence-corrected chi connectivity index (χ3v) is 6.16. The molecule has 2 N–H and O–H groups in total. The number of nitrogens with one attached hydrogen (secondary N) is 1. The second kappa shape index (κ2) is 8.62. The van der Waals surface area contributed by atoms with Crippen LogP contribution in [0.3, 0.4) is 0 Å². The number of nitrogens with zero attached hydrogens (tertiary/aromatic N) is 1. The fourth-order valence-electron chi connectivity index (χ4n) is 3.14. The summed E-state index contributed by atoms with van der Waals surface area (Å²) in [5.41, 5.74) is 1.21. The molecule has 8 heteroatoms. The fraction of sp³-hybridized carbons (Fsp3) is 0.350. The van der Waals surface area contributed by atoms with Gasteiger partial charge < -0.3 is 14.7 Å². The van der Waals surface area contributed by atoms with E-state index < -0.39 is 10.0 Å². The van der Waals surface area contributed by atoms with Crippen LogP contribution in [0.2, 0.25) is 0 Å². The number of hydrogen-bond acceptors (Lipinski definition) is 5. The number of carbonyl (C=O) groups is 1. The van der Waals surface area contributed by atoms with E-state index in [9.17, 15) is 18.3 Å². The van der Waals surface area contributed by atoms with E-state index in [0.29, 0.717) is 31.6 Å². The lowest BCUT2D eigenvalue weighted by Gasteiger charge is -2.29. The minimum atomic E-state index is -3.79. The molecular weight excluding hydrogens is 380 g/mol. The predicted octanol–water partition coefficient (Wildman–Crippen LogP) is 2.02. The number of rotatable bonds is 6. The normalized spacial score (nSPS) is 15.3. The monoisotopic (exact) mass is 404 g/mol. The molecule has 0 atom stereocenters. The first-order chi connectivity index (χ1) is 13.4. The number of aliphatic hydroxyl groups excluding tert-OH is 1. The molecule has 150 valence electrons. The molecule has 1 aliphatic heterocycles. The van der Waals surface area contributed by atoms with Gasteiger partial charge in [0.2, 0.25) is 5.91 Å². The van der Waals surface area contributed by atoms with Crippen LogP contribution in [-0.4, -0.2) is 50.6 Å². The summed E-state index contributed by atoms with van der Waals surface area (Å²) in [6.07, 6.45) is 1.14. The number of anilines is 1. The van der Waals surface area contributed by atoms with Gasteiger partial charge in [0.25, 0.3) is 10.0 Å². The van der Waals surface area contributed by atoms with Crippen molar-refractivity contribution < 1.29 is 23.1 Å². The van der Waals surface area contributed by atoms with Gasteiger partial charge in [0, 0.05) is 18.8 Å². The van der Waals surface area contributed by atoms with Crippen LogP contribution in [0.15, 0.2) is 53.4 Å². The number of methoxy groups -OCH3 is 1. The van der Waals surface area contributed by atoms with Crippen LogP contribution in [0, 0.1) is 0 Å². The van der Waals surface area contributed by atoms with Crippen molar-refractivity contribution in [2.75, 3.05) is 24.9 Å². The van der Waals surface area contributed by atoms with Crippen molar-refractivity contribution in [3.63, 3.8) is 0 Å². The number of amides is 1. The Morgan fingerprint density at radius 1 is 1.14 bits per heavy atom. The summed E-state index contributed by atoms with van der Waals surface area (Å²) in [4.78, 5) is 14.2. The molecule has 1 heterocycles. The molecule has 28 heavy (non-hydrogen) atoms. The quantitative estimate of drug-likeness (QED) is 0.768. The molecule has 2 aromatic rings. The molecule has 0 bridgehead atoms. The lowest BCUT2D eigenvalue weighted by Crippen LogP contribution is -2.40. The number of benzene rings is 2. The topological polar surface area (TPSA) is 95.9 Å². The second-order valence-corrected chi connectivity index (χ2v) is 8.39. The zero-order chi connectivity index (χ0) is 20.1. The number of likely N-dealkylation sites (tertiary alicyclic amines) is 1. The van der Waals surface area contributed by atoms with Crippen LogP contribution in [0.5, 0.6) is 5.75 Å². The summed E-state index contributed by atoms with van der Waals surface area (Å²) in [7, 11) is -2.37. The van der Waals surface area contributed by atoms with Crippen LogP contribution >= 0.6 is 0 Å². The molecule has 0 spiro atoms. The number of ether oxygens (including phenoxy) is 1. The molecule has 0 saturated carbocycles. The van der Waals surface area contributed by atoms with Crippen molar-refractivity contribution in [2.24, 2.45) is 0 Å². The summed E-state index contributed by atoms with van der Waals surface area (Å²) in [5.74, 6) is 0.276. The fourth-order valence-corrected chi connectivity index (χ4v) is 4.37. The molecule has 3 rings (SSSR count). The SMILES string of the molecule is COc1ccccc1S(=O)(=O)Nc1ccc(CC(=O)N2CCC(O)CC2)cc1. The van der Waals surface area contributed by atoms with E-state index in [2.05, 4.69) is 4.72 Å². The van der Waals surface area contributed by atoms with Crippen LogP contribution in [0.4, 0.5) is 5.69 Å². The van der Waals surface area contributed by atoms with Crippen molar-refractivity contribution in [3.8, 4) is 5.75 Å². The molecular formula is C20H24N2O5S. The van der Waals surface area contributed by atoms with Gasteiger partial charge in [-0.2, -0.15) is 0 Å². The first-order valence-corrected chi connectivity index (χ1v) is 10.6. The Kier molecular flexibility index (Phi) is 6.21. The van der Waals surface area contributed by atoms with E-state index in [-0.39, 0.29) is 29.1 Å². The average molecular weight is 404 g/mol. The number of aliphatic hydroxyl groups is 1. The molecule has 7 nitrogen and oxygen atoms in total. The highest BCUT2D eigenvalue weighted by molar-refractivity contribution is 7.92. The smallest absolute Gasteiger partial charge is 0.265 e. The Hall–Kier alpha value is -2.58. The van der Waals surface area contributed by atoms with E-state index in [4.69, 9.17) is 4.74 Å². The summed E-state index contributed by atoms with van der Waals surface area (Å²) in [5, 5.41) is 9.54. The number of para-hydroxylation sites is 1. The molecule has 1 amide bonds. The zero-order valence-corrected chi connectivity index (χ0v) is 16.5. The van der Waals surface area contributed by atoms with Crippen molar-refractivity contribution >= 4 is 21.6 Å². The first-order valence-electron chi connectivity index (χ1n) is 9.09. The Morgan fingerprint density at radius 2 is 1.79 bits per heavy atom. The Morgan fingerprint density at radius 3 is 2.43 bits per heavy atom. The van der Waals surface area contributed by atoms with Gasteiger partial charge in [-0.25, -0.2) is 8.42 Å². The van der Waals surface area contributed by atoms with Gasteiger partial charge in [-0.15, -0.1) is 0 Å². The Labute approximate surface area is 165 Å². The van der Waals surface area contributed by atoms with Crippen molar-refractivity contribution in [2.45, 2.75) is 30.3 Å². The highest BCUT2D eigenvalue weighted by Crippen LogP contribution is 2.25. The number of carbonyl (C=O) groups excluding carboxylic acids is 1. The number of sulfonamides is 1. The van der Waals surface area contributed by atoms with Crippen LogP contribution in [0.1, 0.15) is 18.4 Å². The van der Waals surface area contributed by atoms with Gasteiger partial charge in [-0.05, 0) is 42.7 Å². The third kappa shape index (κ3) is 4.82. The van der Waals surface area contributed by atoms with Crippen molar-refractivity contribution in [3.05, 3.63) is 54.1 Å². The van der Waals surface area contributed by atoms with Crippen molar-refractivity contribution in [1.29, 1.82) is 0 Å². The Bertz CT molecular complexity index is 920. The minimum absolute atomic E-state index is 0.00857. The van der Waals surface area contributed by atoms with E-state index in [1.165, 1.54) is 13.2 Å². The maximum Gasteiger partial charge on any atom is 0.265 e. The van der Waals surface area contributed by atoms with Gasteiger partial charge in [-0.1, -0.05) is 24.3 Å². The van der Waals surface area contributed by atoms with Gasteiger partial charge in [0.05, 0.1) is 19.6 Å². The van der Waals surface area contributed by atoms with Gasteiger partial charge in [-0.3, -0.25) is 9.52 Å². The highest BCUT2D eigenvalue weighted by atomic mass is 32.2. The molecule has 0 aliphatic carbocycles. The average Bonchev–Trinajstić information content (AvgIpc) is 2.69. The molecule has 1 aliphatic rings. The summed E-state index contributed by atoms with van der Waals surface area (Å²) < 4.78 is 32.9. The van der Waals surface area contributed by atoms with Gasteiger partial charge in [0.1, 0.15) is 10.6 Å². The molecule has 2 aromatic carbocycles. The Balaban J connectivity index is 1.65. The molecule has 0 radical (unpaired) electrons. The maximum atomic E-state index is 12.6. The van der Waals surface area contributed by atoms with E-state index in [0.717, 1.165) is 5.56 Å². The highest BCUT2D eigenvalue weighted by Gasteiger charge is 2.22. The molecule has 1 fully saturated rings. The maximum absolute atomic E-state index is 12.6. The molecule has 0 unspecified atom stereocenters. The molecule has 1 saturated heterocycles. The summed E-state index contributed by atoms with van der Waals surface area (Å²) in [6.45, 7) is 1.13. The van der Waals surface area contributed by atoms with Gasteiger partial charge in [0.15, 0.2) is 0 Å². The third-order valence-electron chi connectivity index (χ3n) is 4.74. The second-order valence-electron chi connectivity index (χ2n) is 6.74. The van der Waals surface area contributed by atoms with Gasteiger partial charge >= 0.3 is 0 Å². The van der Waals surface area contributed by atoms with E-state index in [1.54, 1.807) is 47.4 Å². The largest absolute Gasteiger partial charge is 0.495 e. The summed E-state index contributed by atoms with van der Waals surface area (Å²) in [6, 6.07) is 13.1. The molecule has 0 aromatic heterocycles. The number of piperidine rings is 1. The predicted molar refractivity (Wildman–Crippen MR) is 106 cm³/mol. The lowest BCUT2D eigenvalue weighted by molar-refractivity contribution is -0.132. The van der Waals surface area contributed by atoms with Crippen LogP contribution < -0.4 is 9.46 Å². The minimum Gasteiger partial charge on any atom is -0.495 e. The van der Waals surface area contributed by atoms with E-state index >= 15 is 0 Å². The van der Waals surface area contributed by atoms with Crippen molar-refractivity contribution in [1.82, 2.24) is 4.90 Å². The van der Waals surface area contributed by atoms with E-state index in [1.807, 2.05) is 0 Å². The zero-order valence-electron chi connectivity index (χ0n) is 15.7.